The second kappa shape index (κ2) is 10.2. The minimum atomic E-state index is -1.03. The molecule has 4 atom stereocenters. The van der Waals surface area contributed by atoms with Crippen molar-refractivity contribution >= 4 is 12.3 Å². The third-order valence-electron chi connectivity index (χ3n) is 7.01. The molecule has 2 saturated carbocycles. The van der Waals surface area contributed by atoms with Crippen LogP contribution in [-0.4, -0.2) is 46.2 Å². The highest BCUT2D eigenvalue weighted by Crippen LogP contribution is 2.60. The molecular formula is C22H36NO7S+. The number of benzene rings is 1. The summed E-state index contributed by atoms with van der Waals surface area (Å²) < 4.78 is 19.0. The minimum absolute atomic E-state index is 0.0178. The molecule has 9 heteroatoms. The van der Waals surface area contributed by atoms with Gasteiger partial charge in [0.1, 0.15) is 6.10 Å². The summed E-state index contributed by atoms with van der Waals surface area (Å²) in [4.78, 5) is 5.10. The summed E-state index contributed by atoms with van der Waals surface area (Å²) in [6.45, 7) is 7.19. The quantitative estimate of drug-likeness (QED) is 0.203. The molecule has 0 amide bonds. The Labute approximate surface area is 188 Å². The number of ether oxygens (including phenoxy) is 1. The van der Waals surface area contributed by atoms with Crippen LogP contribution in [0.3, 0.4) is 0 Å². The Hall–Kier alpha value is -1.07. The minimum Gasteiger partial charge on any atom is -0.482 e. The van der Waals surface area contributed by atoms with Gasteiger partial charge in [-0.05, 0) is 57.1 Å². The SMILES string of the molecule is CCc1ccc(OOOSO)c2c1[C@@]1(CC)[C@@H](O2)C(O)CCC1(C)O.C[NH2+]CC1CC1. The number of nitrogens with two attached hydrogens (primary N) is 1. The Balaban J connectivity index is 0.000000391. The molecule has 3 aliphatic rings. The molecule has 2 aliphatic carbocycles. The van der Waals surface area contributed by atoms with Gasteiger partial charge in [-0.2, -0.15) is 0 Å². The van der Waals surface area contributed by atoms with Gasteiger partial charge in [0.2, 0.25) is 5.75 Å². The van der Waals surface area contributed by atoms with Crippen LogP contribution in [0.15, 0.2) is 12.1 Å². The zero-order valence-corrected chi connectivity index (χ0v) is 19.6. The van der Waals surface area contributed by atoms with Crippen molar-refractivity contribution in [3.63, 3.8) is 0 Å². The van der Waals surface area contributed by atoms with E-state index < -0.39 is 23.2 Å². The highest BCUT2D eigenvalue weighted by Gasteiger charge is 2.64. The molecule has 1 aromatic rings. The number of aliphatic hydroxyl groups excluding tert-OH is 1. The number of hydrogen-bond acceptors (Lipinski definition) is 8. The van der Waals surface area contributed by atoms with Gasteiger partial charge in [0.15, 0.2) is 18.1 Å². The third kappa shape index (κ3) is 4.68. The van der Waals surface area contributed by atoms with Gasteiger partial charge in [-0.15, -0.1) is 0 Å². The highest BCUT2D eigenvalue weighted by atomic mass is 32.2. The number of fused-ring (bicyclic) bond motifs is 3. The summed E-state index contributed by atoms with van der Waals surface area (Å²) >= 11 is 0.0178. The molecular weight excluding hydrogens is 422 g/mol. The normalized spacial score (nSPS) is 31.2. The van der Waals surface area contributed by atoms with E-state index in [-0.39, 0.29) is 18.1 Å². The molecule has 0 spiro atoms. The fourth-order valence-electron chi connectivity index (χ4n) is 5.24. The molecule has 1 aromatic carbocycles. The molecule has 1 aliphatic heterocycles. The Morgan fingerprint density at radius 1 is 1.26 bits per heavy atom. The van der Waals surface area contributed by atoms with E-state index in [0.29, 0.717) is 25.0 Å². The van der Waals surface area contributed by atoms with Crippen LogP contribution in [0.4, 0.5) is 0 Å². The van der Waals surface area contributed by atoms with Gasteiger partial charge in [-0.1, -0.05) is 24.2 Å². The number of quaternary nitrogens is 1. The van der Waals surface area contributed by atoms with Gasteiger partial charge < -0.3 is 29.7 Å². The number of aryl methyl sites for hydroxylation is 1. The first-order chi connectivity index (χ1) is 14.9. The Bertz CT molecular complexity index is 743. The van der Waals surface area contributed by atoms with Crippen molar-refractivity contribution in [1.29, 1.82) is 0 Å². The first kappa shape index (κ1) is 24.6. The van der Waals surface area contributed by atoms with Crippen LogP contribution in [0.1, 0.15) is 64.0 Å². The third-order valence-corrected chi connectivity index (χ3v) is 7.12. The molecule has 0 radical (unpaired) electrons. The van der Waals surface area contributed by atoms with E-state index in [2.05, 4.69) is 21.7 Å². The predicted molar refractivity (Wildman–Crippen MR) is 117 cm³/mol. The van der Waals surface area contributed by atoms with Crippen molar-refractivity contribution in [3.05, 3.63) is 23.3 Å². The van der Waals surface area contributed by atoms with Crippen LogP contribution in [-0.2, 0) is 21.2 Å². The van der Waals surface area contributed by atoms with Crippen LogP contribution in [0, 0.1) is 5.92 Å². The lowest BCUT2D eigenvalue weighted by atomic mass is 9.57. The van der Waals surface area contributed by atoms with E-state index in [9.17, 15) is 10.2 Å². The van der Waals surface area contributed by atoms with Gasteiger partial charge in [0, 0.05) is 16.5 Å². The average Bonchev–Trinajstić information content (AvgIpc) is 3.49. The lowest BCUT2D eigenvalue weighted by molar-refractivity contribution is -0.629. The van der Waals surface area contributed by atoms with Crippen molar-refractivity contribution in [3.8, 4) is 11.5 Å². The van der Waals surface area contributed by atoms with E-state index in [1.54, 1.807) is 6.07 Å². The lowest BCUT2D eigenvalue weighted by Crippen LogP contribution is -2.80. The van der Waals surface area contributed by atoms with Gasteiger partial charge in [0.05, 0.1) is 30.7 Å². The van der Waals surface area contributed by atoms with E-state index in [1.807, 2.05) is 26.8 Å². The fourth-order valence-corrected chi connectivity index (χ4v) is 5.29. The summed E-state index contributed by atoms with van der Waals surface area (Å²) in [5.74, 6) is 1.81. The maximum absolute atomic E-state index is 11.3. The summed E-state index contributed by atoms with van der Waals surface area (Å²) in [7, 11) is 2.14. The molecule has 8 nitrogen and oxygen atoms in total. The van der Waals surface area contributed by atoms with Gasteiger partial charge in [-0.25, -0.2) is 0 Å². The van der Waals surface area contributed by atoms with Crippen molar-refractivity contribution in [2.75, 3.05) is 13.6 Å². The van der Waals surface area contributed by atoms with E-state index in [0.717, 1.165) is 23.5 Å². The van der Waals surface area contributed by atoms with Crippen LogP contribution in [0.5, 0.6) is 11.5 Å². The summed E-state index contributed by atoms with van der Waals surface area (Å²) in [5, 5.41) is 28.6. The molecule has 31 heavy (non-hydrogen) atoms. The first-order valence-electron chi connectivity index (χ1n) is 11.2. The predicted octanol–water partition coefficient (Wildman–Crippen LogP) is 2.52. The smallest absolute Gasteiger partial charge is 0.210 e. The molecule has 5 N–H and O–H groups in total. The van der Waals surface area contributed by atoms with E-state index in [4.69, 9.17) is 14.2 Å². The standard InChI is InChI=1S/C17H24O7S.C5H11N/c1-4-10-6-7-12(22-23-24-25-20)14-13(10)17(5-2)15(21-14)11(18)8-9-16(17,3)19;1-6-4-5-2-3-5/h6-7,11,15,18-20H,4-5,8-9H2,1-3H3;5-6H,2-4H2,1H3/p+1/t11?,15-,16?,17-;/m0./s1. The van der Waals surface area contributed by atoms with Crippen LogP contribution in [0.25, 0.3) is 0 Å². The monoisotopic (exact) mass is 458 g/mol. The van der Waals surface area contributed by atoms with Crippen molar-refractivity contribution < 1.29 is 39.1 Å². The summed E-state index contributed by atoms with van der Waals surface area (Å²) in [6, 6.07) is 3.58. The lowest BCUT2D eigenvalue weighted by Gasteiger charge is -2.51. The second-order valence-corrected chi connectivity index (χ2v) is 9.19. The maximum Gasteiger partial charge on any atom is 0.210 e. The Morgan fingerprint density at radius 3 is 2.55 bits per heavy atom. The number of hydrogen-bond donors (Lipinski definition) is 4. The molecule has 1 heterocycles. The zero-order valence-electron chi connectivity index (χ0n) is 18.8. The van der Waals surface area contributed by atoms with Crippen LogP contribution >= 0.6 is 12.3 Å². The molecule has 0 aromatic heterocycles. The number of aliphatic hydroxyl groups is 2. The highest BCUT2D eigenvalue weighted by molar-refractivity contribution is 7.88. The molecule has 176 valence electrons. The second-order valence-electron chi connectivity index (χ2n) is 8.91. The first-order valence-corrected chi connectivity index (χ1v) is 11.9. The van der Waals surface area contributed by atoms with Gasteiger partial charge in [0.25, 0.3) is 0 Å². The number of rotatable bonds is 8. The molecule has 2 fully saturated rings. The van der Waals surface area contributed by atoms with E-state index >= 15 is 0 Å². The molecule has 2 unspecified atom stereocenters. The Morgan fingerprint density at radius 2 is 2.00 bits per heavy atom. The molecule has 0 bridgehead atoms. The molecule has 4 rings (SSSR count). The van der Waals surface area contributed by atoms with Crippen molar-refractivity contribution in [1.82, 2.24) is 0 Å². The van der Waals surface area contributed by atoms with Crippen molar-refractivity contribution in [2.45, 2.75) is 82.5 Å². The van der Waals surface area contributed by atoms with E-state index in [1.165, 1.54) is 19.4 Å². The zero-order chi connectivity index (χ0) is 22.6. The topological polar surface area (TPSA) is 114 Å². The fraction of sp³-hybridized carbons (Fsp3) is 0.727. The summed E-state index contributed by atoms with van der Waals surface area (Å²) in [6.07, 6.45) is 4.03. The van der Waals surface area contributed by atoms with Crippen molar-refractivity contribution in [2.24, 2.45) is 5.92 Å². The summed E-state index contributed by atoms with van der Waals surface area (Å²) in [5.41, 5.74) is 0.109. The largest absolute Gasteiger partial charge is 0.482 e. The van der Waals surface area contributed by atoms with Crippen LogP contribution < -0.4 is 14.9 Å². The maximum atomic E-state index is 11.3. The Kier molecular flexibility index (Phi) is 8.12. The van der Waals surface area contributed by atoms with Crippen LogP contribution in [0.2, 0.25) is 0 Å². The van der Waals surface area contributed by atoms with Gasteiger partial charge >= 0.3 is 0 Å². The van der Waals surface area contributed by atoms with Gasteiger partial charge in [-0.3, -0.25) is 0 Å². The molecule has 0 saturated heterocycles. The average molecular weight is 459 g/mol.